The van der Waals surface area contributed by atoms with Gasteiger partial charge in [0.15, 0.2) is 0 Å². The summed E-state index contributed by atoms with van der Waals surface area (Å²) in [5.74, 6) is 0.593. The van der Waals surface area contributed by atoms with Gasteiger partial charge in [0, 0.05) is 25.0 Å². The molecule has 1 fully saturated rings. The Labute approximate surface area is 116 Å². The molecule has 2 rings (SSSR count). The van der Waals surface area contributed by atoms with Crippen molar-refractivity contribution in [2.24, 2.45) is 0 Å². The van der Waals surface area contributed by atoms with Crippen LogP contribution in [0.3, 0.4) is 0 Å². The summed E-state index contributed by atoms with van der Waals surface area (Å²) in [4.78, 5) is 10.1. The first-order valence-electron chi connectivity index (χ1n) is 6.01. The van der Waals surface area contributed by atoms with Crippen LogP contribution in [0.4, 0.5) is 5.69 Å². The van der Waals surface area contributed by atoms with Gasteiger partial charge in [-0.25, -0.2) is 8.42 Å². The van der Waals surface area contributed by atoms with Crippen LogP contribution in [-0.2, 0) is 10.4 Å². The maximum Gasteiger partial charge on any atom is 0.269 e. The van der Waals surface area contributed by atoms with Crippen molar-refractivity contribution >= 4 is 16.1 Å². The number of hydrogen-bond donors (Lipinski definition) is 2. The van der Waals surface area contributed by atoms with Crippen LogP contribution in [0, 0.1) is 10.1 Å². The molecular formula is C11H16N2O6S. The largest absolute Gasteiger partial charge is 0.726 e. The van der Waals surface area contributed by atoms with E-state index in [0.717, 1.165) is 0 Å². The van der Waals surface area contributed by atoms with E-state index in [9.17, 15) is 10.1 Å². The lowest BCUT2D eigenvalue weighted by molar-refractivity contribution is -0.663. The van der Waals surface area contributed by atoms with Crippen LogP contribution in [0.15, 0.2) is 24.3 Å². The van der Waals surface area contributed by atoms with Gasteiger partial charge in [0.1, 0.15) is 0 Å². The zero-order valence-electron chi connectivity index (χ0n) is 10.6. The van der Waals surface area contributed by atoms with Crippen molar-refractivity contribution in [1.82, 2.24) is 0 Å². The van der Waals surface area contributed by atoms with Crippen molar-refractivity contribution in [2.45, 2.75) is 18.8 Å². The molecule has 112 valence electrons. The fourth-order valence-electron chi connectivity index (χ4n) is 2.13. The summed E-state index contributed by atoms with van der Waals surface area (Å²) in [5, 5.41) is 12.8. The van der Waals surface area contributed by atoms with Gasteiger partial charge in [-0.2, -0.15) is 0 Å². The molecule has 8 nitrogen and oxygen atoms in total. The van der Waals surface area contributed by atoms with E-state index < -0.39 is 10.4 Å². The van der Waals surface area contributed by atoms with Crippen LogP contribution < -0.4 is 5.32 Å². The molecule has 1 aliphatic rings. The first-order chi connectivity index (χ1) is 9.27. The molecule has 0 radical (unpaired) electrons. The van der Waals surface area contributed by atoms with Crippen molar-refractivity contribution in [3.63, 3.8) is 0 Å². The number of nitrogens with zero attached hydrogens (tertiary/aromatic N) is 1. The Morgan fingerprint density at radius 2 is 1.65 bits per heavy atom. The Balaban J connectivity index is 0.000000347. The SMILES string of the molecule is O=S(=O)([O-])O.O=[N+]([O-])c1ccc(C2CC[NH2+]CC2)cc1. The zero-order chi connectivity index (χ0) is 15.2. The molecule has 9 heteroatoms. The maximum absolute atomic E-state index is 10.5. The third-order valence-corrected chi connectivity index (χ3v) is 3.01. The highest BCUT2D eigenvalue weighted by molar-refractivity contribution is 7.79. The number of non-ortho nitro benzene ring substituents is 1. The Morgan fingerprint density at radius 1 is 1.20 bits per heavy atom. The minimum atomic E-state index is -4.92. The molecule has 20 heavy (non-hydrogen) atoms. The van der Waals surface area contributed by atoms with Crippen LogP contribution >= 0.6 is 0 Å². The van der Waals surface area contributed by atoms with Crippen molar-refractivity contribution in [3.8, 4) is 0 Å². The Hall–Kier alpha value is -1.55. The average Bonchev–Trinajstić information content (AvgIpc) is 2.38. The topological polar surface area (TPSA) is 137 Å². The van der Waals surface area contributed by atoms with Gasteiger partial charge in [-0.3, -0.25) is 14.7 Å². The number of hydrogen-bond acceptors (Lipinski definition) is 5. The lowest BCUT2D eigenvalue weighted by Crippen LogP contribution is -2.86. The minimum Gasteiger partial charge on any atom is -0.726 e. The van der Waals surface area contributed by atoms with Gasteiger partial charge in [-0.15, -0.1) is 0 Å². The molecule has 0 spiro atoms. The molecule has 0 saturated carbocycles. The third-order valence-electron chi connectivity index (χ3n) is 3.01. The smallest absolute Gasteiger partial charge is 0.269 e. The van der Waals surface area contributed by atoms with E-state index in [0.29, 0.717) is 5.92 Å². The van der Waals surface area contributed by atoms with Crippen molar-refractivity contribution in [2.75, 3.05) is 13.1 Å². The van der Waals surface area contributed by atoms with Crippen molar-refractivity contribution < 1.29 is 27.8 Å². The van der Waals surface area contributed by atoms with E-state index in [1.165, 1.54) is 31.5 Å². The van der Waals surface area contributed by atoms with Crippen LogP contribution in [0.25, 0.3) is 0 Å². The molecule has 1 aliphatic heterocycles. The predicted molar refractivity (Wildman–Crippen MR) is 69.1 cm³/mol. The first kappa shape index (κ1) is 16.5. The summed E-state index contributed by atoms with van der Waals surface area (Å²) in [5.41, 5.74) is 1.43. The number of benzene rings is 1. The van der Waals surface area contributed by atoms with Crippen LogP contribution in [0.2, 0.25) is 0 Å². The summed E-state index contributed by atoms with van der Waals surface area (Å²) in [6, 6.07) is 7.00. The standard InChI is InChI=1S/C11H14N2O2.H2O4S/c14-13(15)11-3-1-9(2-4-11)10-5-7-12-8-6-10;1-5(2,3)4/h1-4,10,12H,5-8H2;(H2,1,2,3,4). The Morgan fingerprint density at radius 3 is 2.05 bits per heavy atom. The highest BCUT2D eigenvalue weighted by Crippen LogP contribution is 2.25. The minimum absolute atomic E-state index is 0.182. The molecule has 1 aromatic rings. The second-order valence-corrected chi connectivity index (χ2v) is 5.27. The molecular weight excluding hydrogens is 288 g/mol. The van der Waals surface area contributed by atoms with Gasteiger partial charge in [0.2, 0.25) is 10.4 Å². The maximum atomic E-state index is 10.5. The second kappa shape index (κ2) is 7.29. The fourth-order valence-corrected chi connectivity index (χ4v) is 2.13. The monoisotopic (exact) mass is 304 g/mol. The van der Waals surface area contributed by atoms with E-state index in [2.05, 4.69) is 5.32 Å². The highest BCUT2D eigenvalue weighted by atomic mass is 32.3. The van der Waals surface area contributed by atoms with Gasteiger partial charge in [0.25, 0.3) is 5.69 Å². The molecule has 3 N–H and O–H groups in total. The summed E-state index contributed by atoms with van der Waals surface area (Å²) < 4.78 is 32.8. The Bertz CT molecular complexity index is 529. The summed E-state index contributed by atoms with van der Waals surface area (Å²) in [6.45, 7) is 2.34. The third kappa shape index (κ3) is 6.57. The molecule has 1 saturated heterocycles. The highest BCUT2D eigenvalue weighted by Gasteiger charge is 2.17. The van der Waals surface area contributed by atoms with E-state index >= 15 is 0 Å². The summed E-state index contributed by atoms with van der Waals surface area (Å²) in [7, 11) is -4.92. The van der Waals surface area contributed by atoms with E-state index in [1.807, 2.05) is 12.1 Å². The summed E-state index contributed by atoms with van der Waals surface area (Å²) in [6.07, 6.45) is 2.36. The second-order valence-electron chi connectivity index (χ2n) is 4.42. The van der Waals surface area contributed by atoms with Crippen LogP contribution in [-0.4, -0.2) is 35.5 Å². The van der Waals surface area contributed by atoms with Crippen molar-refractivity contribution in [1.29, 1.82) is 0 Å². The lowest BCUT2D eigenvalue weighted by atomic mass is 9.90. The molecule has 1 aromatic carbocycles. The number of quaternary nitrogens is 1. The number of nitro benzene ring substituents is 1. The quantitative estimate of drug-likeness (QED) is 0.342. The van der Waals surface area contributed by atoms with Crippen LogP contribution in [0.5, 0.6) is 0 Å². The molecule has 0 atom stereocenters. The first-order valence-corrected chi connectivity index (χ1v) is 7.38. The lowest BCUT2D eigenvalue weighted by Gasteiger charge is -2.20. The van der Waals surface area contributed by atoms with E-state index in [1.54, 1.807) is 12.1 Å². The normalized spacial score (nSPS) is 16.1. The number of rotatable bonds is 2. The molecule has 0 bridgehead atoms. The molecule has 0 amide bonds. The van der Waals surface area contributed by atoms with Gasteiger partial charge in [0.05, 0.1) is 18.0 Å². The molecule has 0 aromatic heterocycles. The van der Waals surface area contributed by atoms with Gasteiger partial charge in [-0.1, -0.05) is 12.1 Å². The van der Waals surface area contributed by atoms with Gasteiger partial charge < -0.3 is 9.87 Å². The molecule has 0 aliphatic carbocycles. The number of nitrogens with two attached hydrogens (primary N) is 1. The fraction of sp³-hybridized carbons (Fsp3) is 0.455. The average molecular weight is 304 g/mol. The number of nitro groups is 1. The number of piperidine rings is 1. The van der Waals surface area contributed by atoms with Gasteiger partial charge in [-0.05, 0) is 11.5 Å². The summed E-state index contributed by atoms with van der Waals surface area (Å²) >= 11 is 0. The Kier molecular flexibility index (Phi) is 6.02. The van der Waals surface area contributed by atoms with Gasteiger partial charge >= 0.3 is 0 Å². The van der Waals surface area contributed by atoms with E-state index in [4.69, 9.17) is 17.5 Å². The van der Waals surface area contributed by atoms with Crippen molar-refractivity contribution in [3.05, 3.63) is 39.9 Å². The van der Waals surface area contributed by atoms with Crippen LogP contribution in [0.1, 0.15) is 24.3 Å². The molecule has 1 heterocycles. The predicted octanol–water partition coefficient (Wildman–Crippen LogP) is 0.0402. The zero-order valence-corrected chi connectivity index (χ0v) is 11.5. The molecule has 0 unspecified atom stereocenters. The van der Waals surface area contributed by atoms with E-state index in [-0.39, 0.29) is 10.6 Å².